The molecule has 1 saturated heterocycles. The predicted molar refractivity (Wildman–Crippen MR) is 137 cm³/mol. The summed E-state index contributed by atoms with van der Waals surface area (Å²) < 4.78 is 43.0. The smallest absolute Gasteiger partial charge is 0.237 e. The second-order valence-electron chi connectivity index (χ2n) is 8.67. The number of hydrogen-bond acceptors (Lipinski definition) is 6. The fraction of sp³-hybridized carbons (Fsp3) is 0.231. The number of anilines is 2. The van der Waals surface area contributed by atoms with Crippen LogP contribution in [0.15, 0.2) is 72.9 Å². The van der Waals surface area contributed by atoms with E-state index < -0.39 is 15.8 Å². The highest BCUT2D eigenvalue weighted by Gasteiger charge is 2.18. The molecule has 180 valence electrons. The van der Waals surface area contributed by atoms with Gasteiger partial charge in [-0.15, -0.1) is 0 Å². The lowest BCUT2D eigenvalue weighted by Gasteiger charge is -2.23. The number of aromatic nitrogens is 2. The van der Waals surface area contributed by atoms with Crippen LogP contribution in [0.3, 0.4) is 0 Å². The molecule has 7 nitrogen and oxygen atoms in total. The average molecular weight is 492 g/mol. The zero-order chi connectivity index (χ0) is 24.3. The molecule has 1 aromatic heterocycles. The van der Waals surface area contributed by atoms with Gasteiger partial charge in [0.2, 0.25) is 16.0 Å². The van der Waals surface area contributed by atoms with Gasteiger partial charge in [-0.2, -0.15) is 0 Å². The van der Waals surface area contributed by atoms with Gasteiger partial charge in [-0.1, -0.05) is 48.5 Å². The Labute approximate surface area is 203 Å². The van der Waals surface area contributed by atoms with Gasteiger partial charge in [-0.25, -0.2) is 22.8 Å². The van der Waals surface area contributed by atoms with Gasteiger partial charge >= 0.3 is 0 Å². The number of halogens is 1. The second-order valence-corrected chi connectivity index (χ2v) is 10.4. The maximum atomic E-state index is 15.4. The van der Waals surface area contributed by atoms with Crippen molar-refractivity contribution in [3.8, 4) is 11.1 Å². The fourth-order valence-corrected chi connectivity index (χ4v) is 5.46. The molecule has 1 aliphatic rings. The van der Waals surface area contributed by atoms with Gasteiger partial charge < -0.3 is 10.6 Å². The summed E-state index contributed by atoms with van der Waals surface area (Å²) in [4.78, 5) is 9.03. The van der Waals surface area contributed by atoms with E-state index in [1.54, 1.807) is 48.7 Å². The van der Waals surface area contributed by atoms with Gasteiger partial charge in [0.15, 0.2) is 5.82 Å². The van der Waals surface area contributed by atoms with Crippen LogP contribution in [0.1, 0.15) is 18.4 Å². The number of benzene rings is 3. The van der Waals surface area contributed by atoms with Crippen LogP contribution in [0.4, 0.5) is 16.0 Å². The quantitative estimate of drug-likeness (QED) is 0.351. The minimum Gasteiger partial charge on any atom is -0.350 e. The van der Waals surface area contributed by atoms with E-state index in [1.807, 2.05) is 18.2 Å². The number of sulfonamides is 1. The summed E-state index contributed by atoms with van der Waals surface area (Å²) in [5, 5.41) is 7.49. The van der Waals surface area contributed by atoms with Crippen LogP contribution < -0.4 is 15.4 Å². The van der Waals surface area contributed by atoms with Crippen molar-refractivity contribution < 1.29 is 12.8 Å². The lowest BCUT2D eigenvalue weighted by molar-refractivity contribution is 0.478. The Balaban J connectivity index is 1.37. The van der Waals surface area contributed by atoms with Crippen molar-refractivity contribution in [2.45, 2.75) is 24.6 Å². The van der Waals surface area contributed by atoms with Crippen LogP contribution >= 0.6 is 0 Å². The minimum absolute atomic E-state index is 0.0876. The van der Waals surface area contributed by atoms with Gasteiger partial charge in [0.25, 0.3) is 0 Å². The molecule has 3 N–H and O–H groups in total. The summed E-state index contributed by atoms with van der Waals surface area (Å²) in [6.45, 7) is 1.91. The number of hydrogen-bond donors (Lipinski definition) is 3. The highest BCUT2D eigenvalue weighted by molar-refractivity contribution is 7.91. The third kappa shape index (κ3) is 5.58. The van der Waals surface area contributed by atoms with E-state index in [-0.39, 0.29) is 11.4 Å². The molecule has 1 fully saturated rings. The first-order valence-electron chi connectivity index (χ1n) is 11.5. The molecule has 1 aliphatic heterocycles. The van der Waals surface area contributed by atoms with Crippen molar-refractivity contribution >= 4 is 32.6 Å². The Hall–Kier alpha value is -3.56. The van der Waals surface area contributed by atoms with Crippen molar-refractivity contribution in [3.63, 3.8) is 0 Å². The molecule has 2 heterocycles. The molecule has 0 unspecified atom stereocenters. The van der Waals surface area contributed by atoms with Crippen LogP contribution in [0.5, 0.6) is 0 Å². The van der Waals surface area contributed by atoms with Crippen molar-refractivity contribution in [2.24, 2.45) is 0 Å². The predicted octanol–water partition coefficient (Wildman–Crippen LogP) is 4.54. The summed E-state index contributed by atoms with van der Waals surface area (Å²) in [6, 6.07) is 19.2. The maximum absolute atomic E-state index is 15.4. The number of nitrogens with zero attached hydrogens (tertiary/aromatic N) is 2. The molecular formula is C26H26FN5O2S. The monoisotopic (exact) mass is 491 g/mol. The first-order chi connectivity index (χ1) is 17.0. The van der Waals surface area contributed by atoms with Crippen molar-refractivity contribution in [1.29, 1.82) is 0 Å². The van der Waals surface area contributed by atoms with E-state index in [0.717, 1.165) is 36.8 Å². The zero-order valence-corrected chi connectivity index (χ0v) is 19.9. The summed E-state index contributed by atoms with van der Waals surface area (Å²) in [5.74, 6) is -0.301. The van der Waals surface area contributed by atoms with Crippen molar-refractivity contribution in [2.75, 3.05) is 23.1 Å². The molecule has 0 aliphatic carbocycles. The molecule has 3 aromatic carbocycles. The molecule has 0 radical (unpaired) electrons. The normalized spacial score (nSPS) is 16.2. The standard InChI is InChI=1S/C26H26FN5O2S/c27-25-22(9-4-10-24(25)32-35(33,34)17-18-6-2-1-3-7-18)19-11-12-23-20(14-19)15-29-26(31-23)30-21-8-5-13-28-16-21/h1-4,6-7,9-12,14-15,21,28,32H,5,8,13,16-17H2,(H,29,30,31)/t21-/m0/s1. The minimum atomic E-state index is -3.78. The van der Waals surface area contributed by atoms with E-state index in [9.17, 15) is 8.42 Å². The molecule has 4 aromatic rings. The first kappa shape index (κ1) is 23.2. The highest BCUT2D eigenvalue weighted by atomic mass is 32.2. The molecule has 0 amide bonds. The number of piperidine rings is 1. The Bertz CT molecular complexity index is 1440. The highest BCUT2D eigenvalue weighted by Crippen LogP contribution is 2.30. The van der Waals surface area contributed by atoms with Gasteiger partial charge in [0, 0.05) is 29.7 Å². The van der Waals surface area contributed by atoms with Crippen LogP contribution in [0.25, 0.3) is 22.0 Å². The SMILES string of the molecule is O=S(=O)(Cc1ccccc1)Nc1cccc(-c2ccc3nc(N[C@H]4CCCNC4)ncc3c2)c1F. The zero-order valence-electron chi connectivity index (χ0n) is 19.0. The van der Waals surface area contributed by atoms with Gasteiger partial charge in [0.05, 0.1) is 17.0 Å². The molecular weight excluding hydrogens is 465 g/mol. The lowest BCUT2D eigenvalue weighted by Crippen LogP contribution is -2.38. The Kier molecular flexibility index (Phi) is 6.61. The van der Waals surface area contributed by atoms with Crippen LogP contribution in [0, 0.1) is 5.82 Å². The van der Waals surface area contributed by atoms with Crippen LogP contribution in [0.2, 0.25) is 0 Å². The van der Waals surface area contributed by atoms with Gasteiger partial charge in [0.1, 0.15) is 0 Å². The first-order valence-corrected chi connectivity index (χ1v) is 13.2. The Morgan fingerprint density at radius 1 is 1.06 bits per heavy atom. The molecule has 0 bridgehead atoms. The number of rotatable bonds is 7. The van der Waals surface area contributed by atoms with Crippen molar-refractivity contribution in [3.05, 3.63) is 84.3 Å². The molecule has 0 saturated carbocycles. The van der Waals surface area contributed by atoms with Gasteiger partial charge in [-0.3, -0.25) is 4.72 Å². The van der Waals surface area contributed by atoms with Crippen LogP contribution in [-0.2, 0) is 15.8 Å². The third-order valence-electron chi connectivity index (χ3n) is 5.98. The van der Waals surface area contributed by atoms with E-state index >= 15 is 4.39 Å². The fourth-order valence-electron chi connectivity index (χ4n) is 4.26. The van der Waals surface area contributed by atoms with E-state index in [1.165, 1.54) is 6.07 Å². The summed E-state index contributed by atoms with van der Waals surface area (Å²) in [5.41, 5.74) is 2.19. The Morgan fingerprint density at radius 2 is 1.91 bits per heavy atom. The second kappa shape index (κ2) is 9.97. The van der Waals surface area contributed by atoms with E-state index in [2.05, 4.69) is 25.3 Å². The molecule has 9 heteroatoms. The molecule has 35 heavy (non-hydrogen) atoms. The summed E-state index contributed by atoms with van der Waals surface area (Å²) in [6.07, 6.45) is 3.90. The third-order valence-corrected chi connectivity index (χ3v) is 7.23. The Morgan fingerprint density at radius 3 is 2.71 bits per heavy atom. The lowest BCUT2D eigenvalue weighted by atomic mass is 10.0. The molecule has 5 rings (SSSR count). The van der Waals surface area contributed by atoms with E-state index in [4.69, 9.17) is 0 Å². The average Bonchev–Trinajstić information content (AvgIpc) is 2.86. The largest absolute Gasteiger partial charge is 0.350 e. The van der Waals surface area contributed by atoms with Gasteiger partial charge in [-0.05, 0) is 48.7 Å². The molecule has 1 atom stereocenters. The number of fused-ring (bicyclic) bond motifs is 1. The summed E-state index contributed by atoms with van der Waals surface area (Å²) in [7, 11) is -3.78. The maximum Gasteiger partial charge on any atom is 0.237 e. The van der Waals surface area contributed by atoms with Crippen LogP contribution in [-0.4, -0.2) is 37.5 Å². The topological polar surface area (TPSA) is 96.0 Å². The molecule has 0 spiro atoms. The summed E-state index contributed by atoms with van der Waals surface area (Å²) >= 11 is 0. The van der Waals surface area contributed by atoms with Crippen molar-refractivity contribution in [1.82, 2.24) is 15.3 Å². The van der Waals surface area contributed by atoms with E-state index in [0.29, 0.717) is 28.7 Å². The number of nitrogens with one attached hydrogen (secondary N) is 3.